The fourth-order valence-corrected chi connectivity index (χ4v) is 6.26. The van der Waals surface area contributed by atoms with E-state index in [-0.39, 0.29) is 12.0 Å². The summed E-state index contributed by atoms with van der Waals surface area (Å²) >= 11 is 6.43. The van der Waals surface area contributed by atoms with Crippen molar-refractivity contribution >= 4 is 29.0 Å². The van der Waals surface area contributed by atoms with E-state index < -0.39 is 0 Å². The van der Waals surface area contributed by atoms with Gasteiger partial charge in [-0.1, -0.05) is 95.2 Å². The number of nitrogens with zero attached hydrogens (tertiary/aromatic N) is 3. The summed E-state index contributed by atoms with van der Waals surface area (Å²) in [6.45, 7) is 10.9. The average molecular weight is 564 g/mol. The van der Waals surface area contributed by atoms with Crippen LogP contribution >= 0.6 is 11.6 Å². The summed E-state index contributed by atoms with van der Waals surface area (Å²) in [4.78, 5) is 12.8. The summed E-state index contributed by atoms with van der Waals surface area (Å²) in [5.41, 5.74) is 4.05. The van der Waals surface area contributed by atoms with Crippen LogP contribution in [-0.4, -0.2) is 24.3 Å². The summed E-state index contributed by atoms with van der Waals surface area (Å²) in [6, 6.07) is 8.03. The fourth-order valence-electron chi connectivity index (χ4n) is 6.04. The number of fused-ring (bicyclic) bond motifs is 1. The quantitative estimate of drug-likeness (QED) is 0.222. The first-order valence-corrected chi connectivity index (χ1v) is 15.7. The van der Waals surface area contributed by atoms with Crippen molar-refractivity contribution in [3.05, 3.63) is 64.7 Å². The predicted molar refractivity (Wildman–Crippen MR) is 167 cm³/mol. The second-order valence-corrected chi connectivity index (χ2v) is 11.2. The highest BCUT2D eigenvalue weighted by atomic mass is 35.5. The zero-order valence-corrected chi connectivity index (χ0v) is 25.4. The number of allylic oxidation sites excluding steroid dienone is 3. The summed E-state index contributed by atoms with van der Waals surface area (Å²) in [7, 11) is 0. The maximum Gasteiger partial charge on any atom is 0.338 e. The number of hydrogen-bond acceptors (Lipinski definition) is 5. The third-order valence-electron chi connectivity index (χ3n) is 8.06. The fraction of sp³-hybridized carbons (Fsp3) is 0.559. The summed E-state index contributed by atoms with van der Waals surface area (Å²) < 4.78 is 5.58. The lowest BCUT2D eigenvalue weighted by Crippen LogP contribution is -2.39. The molecule has 1 saturated carbocycles. The molecule has 0 saturated heterocycles. The van der Waals surface area contributed by atoms with Gasteiger partial charge in [0.25, 0.3) is 0 Å². The van der Waals surface area contributed by atoms with Crippen LogP contribution in [0.5, 0.6) is 0 Å². The van der Waals surface area contributed by atoms with Crippen molar-refractivity contribution in [1.29, 1.82) is 5.26 Å². The number of hydrogen-bond donors (Lipinski definition) is 0. The number of rotatable bonds is 9. The van der Waals surface area contributed by atoms with Crippen LogP contribution in [0.15, 0.2) is 59.3 Å². The summed E-state index contributed by atoms with van der Waals surface area (Å²) in [5, 5.41) is 17.1. The molecule has 2 aliphatic carbocycles. The Morgan fingerprint density at radius 3 is 2.62 bits per heavy atom. The molecule has 4 rings (SSSR count). The molecule has 0 N–H and O–H groups in total. The minimum atomic E-state index is -0.277. The number of unbranched alkanes of at least 4 members (excludes halogenated alkanes) is 4. The van der Waals surface area contributed by atoms with Gasteiger partial charge in [-0.15, -0.1) is 0 Å². The third-order valence-corrected chi connectivity index (χ3v) is 8.37. The van der Waals surface area contributed by atoms with Crippen molar-refractivity contribution in [2.24, 2.45) is 16.9 Å². The first-order chi connectivity index (χ1) is 19.5. The Labute approximate surface area is 246 Å². The van der Waals surface area contributed by atoms with E-state index >= 15 is 0 Å². The number of carbonyl (C=O) groups is 1. The number of esters is 1. The number of carbonyl (C=O) groups excluding carboxylic acids is 1. The Morgan fingerprint density at radius 1 is 1.18 bits per heavy atom. The highest BCUT2D eigenvalue weighted by Crippen LogP contribution is 2.43. The number of anilines is 1. The van der Waals surface area contributed by atoms with Gasteiger partial charge in [0.15, 0.2) is 0 Å². The molecule has 0 bridgehead atoms. The van der Waals surface area contributed by atoms with Gasteiger partial charge >= 0.3 is 5.97 Å². The van der Waals surface area contributed by atoms with E-state index in [1.165, 1.54) is 44.9 Å². The van der Waals surface area contributed by atoms with E-state index in [0.29, 0.717) is 41.0 Å². The monoisotopic (exact) mass is 563 g/mol. The largest absolute Gasteiger partial charge is 0.462 e. The van der Waals surface area contributed by atoms with Crippen LogP contribution in [0.2, 0.25) is 5.02 Å². The molecule has 1 aromatic rings. The van der Waals surface area contributed by atoms with Gasteiger partial charge in [-0.2, -0.15) is 10.4 Å². The number of hydrazone groups is 1. The molecule has 0 amide bonds. The molecule has 1 fully saturated rings. The van der Waals surface area contributed by atoms with Crippen molar-refractivity contribution < 1.29 is 9.53 Å². The van der Waals surface area contributed by atoms with Crippen LogP contribution < -0.4 is 5.01 Å². The minimum absolute atomic E-state index is 0.262. The molecule has 1 heterocycles. The molecule has 0 aromatic heterocycles. The maximum absolute atomic E-state index is 12.8. The van der Waals surface area contributed by atoms with E-state index in [4.69, 9.17) is 21.4 Å². The van der Waals surface area contributed by atoms with Crippen LogP contribution in [0, 0.1) is 23.2 Å². The van der Waals surface area contributed by atoms with Crippen molar-refractivity contribution in [3.63, 3.8) is 0 Å². The summed E-state index contributed by atoms with van der Waals surface area (Å²) in [6.07, 6.45) is 18.8. The average Bonchev–Trinajstić information content (AvgIpc) is 3.62. The van der Waals surface area contributed by atoms with Crippen LogP contribution in [0.4, 0.5) is 5.69 Å². The molecule has 0 spiro atoms. The normalized spacial score (nSPS) is 23.2. The molecule has 0 radical (unpaired) electrons. The topological polar surface area (TPSA) is 65.7 Å². The SMILES string of the molecule is C=C1/C=C(C(=O)OCCCCCCC)\C=C/CC2=NN(c3ccc(C#N)c(Cl)c3)C(C3CCCC3)C2CC1.CC. The first-order valence-electron chi connectivity index (χ1n) is 15.3. The van der Waals surface area contributed by atoms with E-state index in [1.807, 2.05) is 44.2 Å². The second kappa shape index (κ2) is 16.4. The number of benzene rings is 1. The smallest absolute Gasteiger partial charge is 0.338 e. The van der Waals surface area contributed by atoms with Gasteiger partial charge in [-0.3, -0.25) is 5.01 Å². The highest BCUT2D eigenvalue weighted by Gasteiger charge is 2.42. The number of halogens is 1. The predicted octanol–water partition coefficient (Wildman–Crippen LogP) is 9.33. The molecule has 3 aliphatic rings. The Morgan fingerprint density at radius 2 is 1.93 bits per heavy atom. The van der Waals surface area contributed by atoms with Gasteiger partial charge < -0.3 is 4.74 Å². The first kappa shape index (κ1) is 31.7. The van der Waals surface area contributed by atoms with Gasteiger partial charge in [0, 0.05) is 18.1 Å². The molecular formula is C34H46ClN3O2. The number of ether oxygens (including phenoxy) is 1. The zero-order chi connectivity index (χ0) is 28.9. The summed E-state index contributed by atoms with van der Waals surface area (Å²) in [5.74, 6) is 0.592. The van der Waals surface area contributed by atoms with Gasteiger partial charge in [0.1, 0.15) is 6.07 Å². The Balaban J connectivity index is 0.00000216. The molecular weight excluding hydrogens is 518 g/mol. The number of nitriles is 1. The molecule has 2 unspecified atom stereocenters. The van der Waals surface area contributed by atoms with Crippen molar-refractivity contribution in [3.8, 4) is 6.07 Å². The van der Waals surface area contributed by atoms with Crippen molar-refractivity contribution in [1.82, 2.24) is 0 Å². The molecule has 40 heavy (non-hydrogen) atoms. The van der Waals surface area contributed by atoms with Crippen LogP contribution in [0.25, 0.3) is 0 Å². The standard InChI is InChI=1S/C32H40ClN3O2.C2H6/c1-3-4-5-6-9-19-38-32(37)25-13-10-14-30-28(18-15-23(2)20-25)31(24-11-7-8-12-24)36(35-30)27-17-16-26(22-34)29(33)21-27;1-2/h10,13,16-17,20-21,24,28,31H,2-9,11-12,14-15,18-19H2,1H3;1-2H3/b13-10-,25-20+;. The molecule has 2 atom stereocenters. The molecule has 5 nitrogen and oxygen atoms in total. The molecule has 1 aliphatic heterocycles. The Kier molecular flexibility index (Phi) is 13.0. The van der Waals surface area contributed by atoms with E-state index in [1.54, 1.807) is 6.07 Å². The third kappa shape index (κ3) is 8.33. The lowest BCUT2D eigenvalue weighted by Gasteiger charge is -2.33. The van der Waals surface area contributed by atoms with E-state index in [9.17, 15) is 10.1 Å². The highest BCUT2D eigenvalue weighted by molar-refractivity contribution is 6.32. The van der Waals surface area contributed by atoms with Crippen LogP contribution in [0.3, 0.4) is 0 Å². The second-order valence-electron chi connectivity index (χ2n) is 10.8. The van der Waals surface area contributed by atoms with E-state index in [2.05, 4.69) is 24.6 Å². The lowest BCUT2D eigenvalue weighted by molar-refractivity contribution is -0.138. The molecule has 1 aromatic carbocycles. The van der Waals surface area contributed by atoms with Gasteiger partial charge in [-0.05, 0) is 62.3 Å². The Hall–Kier alpha value is -2.84. The van der Waals surface area contributed by atoms with Crippen molar-refractivity contribution in [2.75, 3.05) is 11.6 Å². The van der Waals surface area contributed by atoms with Gasteiger partial charge in [0.2, 0.25) is 0 Å². The zero-order valence-electron chi connectivity index (χ0n) is 24.6. The van der Waals surface area contributed by atoms with Gasteiger partial charge in [0.05, 0.1) is 34.5 Å². The maximum atomic E-state index is 12.8. The van der Waals surface area contributed by atoms with E-state index in [0.717, 1.165) is 42.7 Å². The Bertz CT molecular complexity index is 1140. The van der Waals surface area contributed by atoms with Crippen molar-refractivity contribution in [2.45, 2.75) is 104 Å². The van der Waals surface area contributed by atoms with Crippen LogP contribution in [-0.2, 0) is 9.53 Å². The molecule has 6 heteroatoms. The lowest BCUT2D eigenvalue weighted by atomic mass is 9.80. The van der Waals surface area contributed by atoms with Crippen LogP contribution in [0.1, 0.15) is 103 Å². The minimum Gasteiger partial charge on any atom is -0.462 e. The molecule has 216 valence electrons. The van der Waals surface area contributed by atoms with Gasteiger partial charge in [-0.25, -0.2) is 4.79 Å².